The molecule has 118 valence electrons. The summed E-state index contributed by atoms with van der Waals surface area (Å²) in [6.45, 7) is 3.80. The normalized spacial score (nSPS) is 10.9. The smallest absolute Gasteiger partial charge is 0.236 e. The molecule has 1 amide bonds. The Hall–Kier alpha value is -2.00. The molecule has 0 aliphatic heterocycles. The molecule has 1 N–H and O–H groups in total. The quantitative estimate of drug-likeness (QED) is 0.686. The van der Waals surface area contributed by atoms with Crippen molar-refractivity contribution < 1.29 is 4.79 Å². The van der Waals surface area contributed by atoms with E-state index in [4.69, 9.17) is 0 Å². The molecule has 0 bridgehead atoms. The minimum atomic E-state index is -0.153. The molecule has 3 heterocycles. The second-order valence-electron chi connectivity index (χ2n) is 4.82. The number of carbonyl (C=O) groups excluding carboxylic acids is 1. The number of nitrogens with zero attached hydrogens (tertiary/aromatic N) is 5. The van der Waals surface area contributed by atoms with Crippen molar-refractivity contribution in [2.75, 3.05) is 11.1 Å². The number of aromatic nitrogens is 5. The van der Waals surface area contributed by atoms with Gasteiger partial charge >= 0.3 is 0 Å². The monoisotopic (exact) mass is 392 g/mol. The Morgan fingerprint density at radius 2 is 2.17 bits per heavy atom. The van der Waals surface area contributed by atoms with E-state index in [0.29, 0.717) is 11.0 Å². The SMILES string of the molecule is Cc1cc2nnc(SCC(=O)Nc3ccc(Br)cn3)n2c(C)n1. The summed E-state index contributed by atoms with van der Waals surface area (Å²) in [6.07, 6.45) is 1.63. The van der Waals surface area contributed by atoms with E-state index < -0.39 is 0 Å². The average molecular weight is 393 g/mol. The molecule has 0 saturated carbocycles. The molecular formula is C14H13BrN6OS. The zero-order chi connectivity index (χ0) is 16.4. The molecule has 3 aromatic rings. The Kier molecular flexibility index (Phi) is 4.58. The van der Waals surface area contributed by atoms with Crippen LogP contribution in [0.1, 0.15) is 11.5 Å². The molecule has 3 rings (SSSR count). The largest absolute Gasteiger partial charge is 0.310 e. The van der Waals surface area contributed by atoms with Crippen LogP contribution in [0.3, 0.4) is 0 Å². The van der Waals surface area contributed by atoms with Gasteiger partial charge in [-0.15, -0.1) is 10.2 Å². The van der Waals surface area contributed by atoms with E-state index in [1.54, 1.807) is 12.3 Å². The third kappa shape index (κ3) is 3.67. The number of thioether (sulfide) groups is 1. The molecule has 3 aromatic heterocycles. The summed E-state index contributed by atoms with van der Waals surface area (Å²) in [5.41, 5.74) is 1.62. The van der Waals surface area contributed by atoms with E-state index in [-0.39, 0.29) is 11.7 Å². The predicted octanol–water partition coefficient (Wildman–Crippen LogP) is 2.63. The molecule has 0 saturated heterocycles. The van der Waals surface area contributed by atoms with E-state index in [1.165, 1.54) is 11.8 Å². The summed E-state index contributed by atoms with van der Waals surface area (Å²) in [5.74, 6) is 1.37. The maximum Gasteiger partial charge on any atom is 0.236 e. The van der Waals surface area contributed by atoms with Crippen molar-refractivity contribution in [1.29, 1.82) is 0 Å². The van der Waals surface area contributed by atoms with Crippen molar-refractivity contribution >= 4 is 45.1 Å². The molecular weight excluding hydrogens is 380 g/mol. The predicted molar refractivity (Wildman–Crippen MR) is 91.5 cm³/mol. The Balaban J connectivity index is 1.68. The van der Waals surface area contributed by atoms with Crippen LogP contribution in [-0.2, 0) is 4.79 Å². The van der Waals surface area contributed by atoms with Crippen LogP contribution in [-0.4, -0.2) is 36.2 Å². The molecule has 0 spiro atoms. The minimum Gasteiger partial charge on any atom is -0.310 e. The number of nitrogens with one attached hydrogen (secondary N) is 1. The van der Waals surface area contributed by atoms with Crippen LogP contribution < -0.4 is 5.32 Å². The Morgan fingerprint density at radius 1 is 1.35 bits per heavy atom. The van der Waals surface area contributed by atoms with Gasteiger partial charge in [-0.05, 0) is 41.9 Å². The fraction of sp³-hybridized carbons (Fsp3) is 0.214. The van der Waals surface area contributed by atoms with Gasteiger partial charge in [0.15, 0.2) is 10.8 Å². The highest BCUT2D eigenvalue weighted by Gasteiger charge is 2.12. The van der Waals surface area contributed by atoms with Crippen LogP contribution in [0.15, 0.2) is 34.0 Å². The number of pyridine rings is 1. The van der Waals surface area contributed by atoms with Crippen molar-refractivity contribution in [1.82, 2.24) is 24.6 Å². The van der Waals surface area contributed by atoms with Gasteiger partial charge in [-0.1, -0.05) is 11.8 Å². The van der Waals surface area contributed by atoms with E-state index in [9.17, 15) is 4.79 Å². The van der Waals surface area contributed by atoms with E-state index in [1.807, 2.05) is 30.4 Å². The zero-order valence-corrected chi connectivity index (χ0v) is 14.8. The third-order valence-electron chi connectivity index (χ3n) is 2.99. The van der Waals surface area contributed by atoms with Crippen LogP contribution in [0.4, 0.5) is 5.82 Å². The standard InChI is InChI=1S/C14H13BrN6OS/c1-8-5-12-19-20-14(21(12)9(2)17-8)23-7-13(22)18-11-4-3-10(15)6-16-11/h3-6H,7H2,1-2H3,(H,16,18,22). The van der Waals surface area contributed by atoms with Crippen LogP contribution in [0.2, 0.25) is 0 Å². The second-order valence-corrected chi connectivity index (χ2v) is 6.68. The number of hydrogen-bond acceptors (Lipinski definition) is 6. The molecule has 9 heteroatoms. The van der Waals surface area contributed by atoms with Crippen molar-refractivity contribution in [2.24, 2.45) is 0 Å². The number of amides is 1. The highest BCUT2D eigenvalue weighted by atomic mass is 79.9. The maximum absolute atomic E-state index is 12.0. The summed E-state index contributed by atoms with van der Waals surface area (Å²) in [4.78, 5) is 20.5. The van der Waals surface area contributed by atoms with Crippen molar-refractivity contribution in [3.05, 3.63) is 40.4 Å². The van der Waals surface area contributed by atoms with Gasteiger partial charge in [-0.25, -0.2) is 9.97 Å². The number of anilines is 1. The summed E-state index contributed by atoms with van der Waals surface area (Å²) in [5, 5.41) is 11.6. The Morgan fingerprint density at radius 3 is 2.91 bits per heavy atom. The number of halogens is 1. The number of carbonyl (C=O) groups is 1. The van der Waals surface area contributed by atoms with Crippen LogP contribution >= 0.6 is 27.7 Å². The van der Waals surface area contributed by atoms with E-state index in [0.717, 1.165) is 21.6 Å². The molecule has 0 unspecified atom stereocenters. The average Bonchev–Trinajstić information content (AvgIpc) is 2.91. The van der Waals surface area contributed by atoms with Gasteiger partial charge in [0.25, 0.3) is 0 Å². The van der Waals surface area contributed by atoms with Crippen LogP contribution in [0, 0.1) is 13.8 Å². The lowest BCUT2D eigenvalue weighted by atomic mass is 10.4. The van der Waals surface area contributed by atoms with Gasteiger partial charge in [0.1, 0.15) is 11.6 Å². The second kappa shape index (κ2) is 6.63. The molecule has 0 aromatic carbocycles. The van der Waals surface area contributed by atoms with Crippen molar-refractivity contribution in [3.63, 3.8) is 0 Å². The first-order chi connectivity index (χ1) is 11.0. The fourth-order valence-corrected chi connectivity index (χ4v) is 3.08. The summed E-state index contributed by atoms with van der Waals surface area (Å²) < 4.78 is 2.70. The number of rotatable bonds is 4. The molecule has 0 radical (unpaired) electrons. The van der Waals surface area contributed by atoms with Crippen molar-refractivity contribution in [2.45, 2.75) is 19.0 Å². The highest BCUT2D eigenvalue weighted by Crippen LogP contribution is 2.19. The van der Waals surface area contributed by atoms with Crippen molar-refractivity contribution in [3.8, 4) is 0 Å². The van der Waals surface area contributed by atoms with Gasteiger partial charge < -0.3 is 5.32 Å². The topological polar surface area (TPSA) is 85.1 Å². The first-order valence-electron chi connectivity index (χ1n) is 6.76. The number of hydrogen-bond donors (Lipinski definition) is 1. The number of fused-ring (bicyclic) bond motifs is 1. The van der Waals surface area contributed by atoms with Gasteiger partial charge in [0.2, 0.25) is 5.91 Å². The fourth-order valence-electron chi connectivity index (χ4n) is 2.06. The first-order valence-corrected chi connectivity index (χ1v) is 8.54. The lowest BCUT2D eigenvalue weighted by Crippen LogP contribution is -2.15. The lowest BCUT2D eigenvalue weighted by molar-refractivity contribution is -0.113. The van der Waals surface area contributed by atoms with Crippen LogP contribution in [0.5, 0.6) is 0 Å². The summed E-state index contributed by atoms with van der Waals surface area (Å²) in [6, 6.07) is 5.41. The van der Waals surface area contributed by atoms with Gasteiger partial charge in [-0.3, -0.25) is 9.20 Å². The highest BCUT2D eigenvalue weighted by molar-refractivity contribution is 9.10. The molecule has 0 atom stereocenters. The summed E-state index contributed by atoms with van der Waals surface area (Å²) in [7, 11) is 0. The van der Waals surface area contributed by atoms with Gasteiger partial charge in [-0.2, -0.15) is 0 Å². The van der Waals surface area contributed by atoms with Crippen LogP contribution in [0.25, 0.3) is 5.65 Å². The first kappa shape index (κ1) is 15.9. The Bertz CT molecular complexity index is 864. The van der Waals surface area contributed by atoms with E-state index in [2.05, 4.69) is 41.4 Å². The molecule has 0 fully saturated rings. The minimum absolute atomic E-state index is 0.153. The number of aryl methyl sites for hydroxylation is 2. The lowest BCUT2D eigenvalue weighted by Gasteiger charge is -2.05. The Labute approximate surface area is 145 Å². The molecule has 0 aliphatic carbocycles. The zero-order valence-electron chi connectivity index (χ0n) is 12.4. The summed E-state index contributed by atoms with van der Waals surface area (Å²) >= 11 is 4.61. The van der Waals surface area contributed by atoms with Gasteiger partial charge in [0, 0.05) is 22.4 Å². The molecule has 7 nitrogen and oxygen atoms in total. The third-order valence-corrected chi connectivity index (χ3v) is 4.38. The van der Waals surface area contributed by atoms with E-state index >= 15 is 0 Å². The van der Waals surface area contributed by atoms with Gasteiger partial charge in [0.05, 0.1) is 5.75 Å². The molecule has 0 aliphatic rings. The molecule has 23 heavy (non-hydrogen) atoms. The maximum atomic E-state index is 12.0.